The summed E-state index contributed by atoms with van der Waals surface area (Å²) in [6.45, 7) is 6.00. The van der Waals surface area contributed by atoms with Crippen molar-refractivity contribution in [1.29, 1.82) is 0 Å². The number of benzene rings is 1. The van der Waals surface area contributed by atoms with Crippen LogP contribution >= 0.6 is 0 Å². The summed E-state index contributed by atoms with van der Waals surface area (Å²) in [7, 11) is 0. The molecule has 18 heavy (non-hydrogen) atoms. The Balaban J connectivity index is 2.03. The Hall–Kier alpha value is -1.61. The zero-order valence-corrected chi connectivity index (χ0v) is 11.1. The number of hydrogen-bond acceptors (Lipinski definition) is 2. The lowest BCUT2D eigenvalue weighted by molar-refractivity contribution is 0.317. The first kappa shape index (κ1) is 12.8. The van der Waals surface area contributed by atoms with Gasteiger partial charge in [-0.15, -0.1) is 0 Å². The van der Waals surface area contributed by atoms with Gasteiger partial charge in [-0.1, -0.05) is 44.2 Å². The molecule has 2 aromatic rings. The monoisotopic (exact) mass is 243 g/mol. The van der Waals surface area contributed by atoms with Crippen LogP contribution in [-0.2, 0) is 6.54 Å². The van der Waals surface area contributed by atoms with Crippen molar-refractivity contribution < 1.29 is 0 Å². The molecule has 1 heterocycles. The minimum atomic E-state index is 0.179. The fourth-order valence-electron chi connectivity index (χ4n) is 1.78. The number of rotatable bonds is 5. The molecule has 0 saturated heterocycles. The number of hydrogen-bond donors (Lipinski definition) is 1. The molecule has 0 saturated carbocycles. The zero-order valence-electron chi connectivity index (χ0n) is 11.1. The summed E-state index contributed by atoms with van der Waals surface area (Å²) in [4.78, 5) is 0. The van der Waals surface area contributed by atoms with Gasteiger partial charge in [0, 0.05) is 18.3 Å². The van der Waals surface area contributed by atoms with E-state index < -0.39 is 0 Å². The second-order valence-corrected chi connectivity index (χ2v) is 5.48. The average Bonchev–Trinajstić information content (AvgIpc) is 2.86. The highest BCUT2D eigenvalue weighted by atomic mass is 15.3. The molecule has 0 bridgehead atoms. The van der Waals surface area contributed by atoms with Crippen LogP contribution in [0.5, 0.6) is 0 Å². The van der Waals surface area contributed by atoms with Crippen molar-refractivity contribution in [3.05, 3.63) is 42.7 Å². The first-order valence-corrected chi connectivity index (χ1v) is 6.39. The van der Waals surface area contributed by atoms with E-state index in [1.54, 1.807) is 0 Å². The summed E-state index contributed by atoms with van der Waals surface area (Å²) in [5.74, 6) is 0. The van der Waals surface area contributed by atoms with Gasteiger partial charge < -0.3 is 5.73 Å². The van der Waals surface area contributed by atoms with E-state index in [1.807, 2.05) is 29.1 Å². The van der Waals surface area contributed by atoms with Crippen LogP contribution < -0.4 is 5.73 Å². The molecule has 0 radical (unpaired) electrons. The Labute approximate surface area is 109 Å². The zero-order chi connectivity index (χ0) is 13.0. The summed E-state index contributed by atoms with van der Waals surface area (Å²) in [6.07, 6.45) is 5.06. The molecule has 0 amide bonds. The lowest BCUT2D eigenvalue weighted by Crippen LogP contribution is -2.25. The van der Waals surface area contributed by atoms with E-state index in [2.05, 4.69) is 37.3 Å². The number of nitrogens with zero attached hydrogens (tertiary/aromatic N) is 2. The Morgan fingerprint density at radius 2 is 1.89 bits per heavy atom. The summed E-state index contributed by atoms with van der Waals surface area (Å²) < 4.78 is 2.00. The minimum Gasteiger partial charge on any atom is -0.330 e. The Morgan fingerprint density at radius 1 is 1.17 bits per heavy atom. The minimum absolute atomic E-state index is 0.179. The maximum atomic E-state index is 5.74. The van der Waals surface area contributed by atoms with Crippen molar-refractivity contribution >= 4 is 0 Å². The van der Waals surface area contributed by atoms with Gasteiger partial charge in [-0.2, -0.15) is 5.10 Å². The van der Waals surface area contributed by atoms with E-state index >= 15 is 0 Å². The molecule has 1 aromatic heterocycles. The molecule has 96 valence electrons. The number of nitrogens with two attached hydrogens (primary N) is 1. The first-order valence-electron chi connectivity index (χ1n) is 6.39. The summed E-state index contributed by atoms with van der Waals surface area (Å²) >= 11 is 0. The van der Waals surface area contributed by atoms with Crippen LogP contribution in [0.2, 0.25) is 0 Å². The van der Waals surface area contributed by atoms with E-state index in [0.29, 0.717) is 6.54 Å². The predicted octanol–water partition coefficient (Wildman–Crippen LogP) is 2.93. The molecule has 3 nitrogen and oxygen atoms in total. The summed E-state index contributed by atoms with van der Waals surface area (Å²) in [5.41, 5.74) is 8.29. The van der Waals surface area contributed by atoms with Gasteiger partial charge in [0.1, 0.15) is 0 Å². The lowest BCUT2D eigenvalue weighted by atomic mass is 9.90. The SMILES string of the molecule is CC(C)(CN)CCn1cc(-c2ccccc2)cn1. The number of aromatic nitrogens is 2. The standard InChI is InChI=1S/C15H21N3/c1-15(2,12-16)8-9-18-11-14(10-17-18)13-6-4-3-5-7-13/h3-7,10-11H,8-9,12,16H2,1-2H3. The van der Waals surface area contributed by atoms with Gasteiger partial charge in [0.15, 0.2) is 0 Å². The molecule has 0 fully saturated rings. The van der Waals surface area contributed by atoms with Crippen LogP contribution in [0.1, 0.15) is 20.3 Å². The second kappa shape index (κ2) is 5.36. The molecule has 2 rings (SSSR count). The van der Waals surface area contributed by atoms with Gasteiger partial charge in [0.2, 0.25) is 0 Å². The normalized spacial score (nSPS) is 11.7. The van der Waals surface area contributed by atoms with Crippen LogP contribution in [0.25, 0.3) is 11.1 Å². The van der Waals surface area contributed by atoms with Crippen LogP contribution in [0, 0.1) is 5.41 Å². The Morgan fingerprint density at radius 3 is 2.56 bits per heavy atom. The molecule has 3 heteroatoms. The van der Waals surface area contributed by atoms with Crippen LogP contribution in [0.4, 0.5) is 0 Å². The second-order valence-electron chi connectivity index (χ2n) is 5.48. The van der Waals surface area contributed by atoms with Crippen molar-refractivity contribution in [3.8, 4) is 11.1 Å². The molecule has 0 aliphatic rings. The summed E-state index contributed by atoms with van der Waals surface area (Å²) in [5, 5.41) is 4.41. The fourth-order valence-corrected chi connectivity index (χ4v) is 1.78. The van der Waals surface area contributed by atoms with Crippen molar-refractivity contribution in [3.63, 3.8) is 0 Å². The van der Waals surface area contributed by atoms with Gasteiger partial charge in [-0.3, -0.25) is 4.68 Å². The van der Waals surface area contributed by atoms with E-state index in [9.17, 15) is 0 Å². The Kier molecular flexibility index (Phi) is 3.82. The van der Waals surface area contributed by atoms with Gasteiger partial charge in [-0.05, 0) is 23.9 Å². The van der Waals surface area contributed by atoms with Crippen molar-refractivity contribution in [1.82, 2.24) is 9.78 Å². The van der Waals surface area contributed by atoms with Crippen molar-refractivity contribution in [2.24, 2.45) is 11.1 Å². The molecule has 0 aliphatic carbocycles. The highest BCUT2D eigenvalue weighted by Gasteiger charge is 2.15. The molecular formula is C15H21N3. The van der Waals surface area contributed by atoms with E-state index in [4.69, 9.17) is 5.73 Å². The maximum absolute atomic E-state index is 5.74. The molecule has 0 spiro atoms. The topological polar surface area (TPSA) is 43.8 Å². The van der Waals surface area contributed by atoms with Gasteiger partial charge >= 0.3 is 0 Å². The van der Waals surface area contributed by atoms with Gasteiger partial charge in [-0.25, -0.2) is 0 Å². The fraction of sp³-hybridized carbons (Fsp3) is 0.400. The van der Waals surface area contributed by atoms with Crippen molar-refractivity contribution in [2.75, 3.05) is 6.54 Å². The third-order valence-electron chi connectivity index (χ3n) is 3.31. The quantitative estimate of drug-likeness (QED) is 0.877. The van der Waals surface area contributed by atoms with Gasteiger partial charge in [0.25, 0.3) is 0 Å². The van der Waals surface area contributed by atoms with Gasteiger partial charge in [0.05, 0.1) is 6.20 Å². The third kappa shape index (κ3) is 3.20. The molecule has 1 aromatic carbocycles. The lowest BCUT2D eigenvalue weighted by Gasteiger charge is -2.21. The average molecular weight is 243 g/mol. The molecule has 0 unspecified atom stereocenters. The summed E-state index contributed by atoms with van der Waals surface area (Å²) in [6, 6.07) is 10.3. The van der Waals surface area contributed by atoms with Crippen LogP contribution in [0.15, 0.2) is 42.7 Å². The molecule has 0 atom stereocenters. The van der Waals surface area contributed by atoms with Crippen LogP contribution in [0.3, 0.4) is 0 Å². The number of aryl methyl sites for hydroxylation is 1. The van der Waals surface area contributed by atoms with E-state index in [0.717, 1.165) is 13.0 Å². The van der Waals surface area contributed by atoms with E-state index in [1.165, 1.54) is 11.1 Å². The van der Waals surface area contributed by atoms with Crippen molar-refractivity contribution in [2.45, 2.75) is 26.8 Å². The maximum Gasteiger partial charge on any atom is 0.0568 e. The highest BCUT2D eigenvalue weighted by molar-refractivity contribution is 5.61. The Bertz CT molecular complexity index is 485. The first-order chi connectivity index (χ1) is 8.61. The smallest absolute Gasteiger partial charge is 0.0568 e. The molecular weight excluding hydrogens is 222 g/mol. The van der Waals surface area contributed by atoms with E-state index in [-0.39, 0.29) is 5.41 Å². The third-order valence-corrected chi connectivity index (χ3v) is 3.31. The highest BCUT2D eigenvalue weighted by Crippen LogP contribution is 2.21. The molecule has 0 aliphatic heterocycles. The van der Waals surface area contributed by atoms with Crippen LogP contribution in [-0.4, -0.2) is 16.3 Å². The largest absolute Gasteiger partial charge is 0.330 e. The predicted molar refractivity (Wildman–Crippen MR) is 75.1 cm³/mol. The molecule has 2 N–H and O–H groups in total.